The van der Waals surface area contributed by atoms with Crippen molar-refractivity contribution in [1.82, 2.24) is 0 Å². The lowest BCUT2D eigenvalue weighted by molar-refractivity contribution is 0.192. The van der Waals surface area contributed by atoms with Gasteiger partial charge in [-0.1, -0.05) is 0 Å². The van der Waals surface area contributed by atoms with Gasteiger partial charge in [-0.2, -0.15) is 0 Å². The molecule has 1 atom stereocenters. The topological polar surface area (TPSA) is 55.5 Å². The van der Waals surface area contributed by atoms with Crippen molar-refractivity contribution in [2.45, 2.75) is 24.3 Å². The zero-order valence-corrected chi connectivity index (χ0v) is 9.88. The Morgan fingerprint density at radius 3 is 2.87 bits per heavy atom. The highest BCUT2D eigenvalue weighted by atomic mass is 32.2. The third-order valence-corrected chi connectivity index (χ3v) is 3.12. The normalized spacial score (nSPS) is 12.5. The second-order valence-corrected chi connectivity index (χ2v) is 4.53. The first-order valence-electron chi connectivity index (χ1n) is 4.88. The van der Waals surface area contributed by atoms with Crippen molar-refractivity contribution in [3.8, 4) is 5.75 Å². The molecule has 0 spiro atoms. The molecule has 0 aromatic heterocycles. The lowest BCUT2D eigenvalue weighted by atomic mass is 10.3. The first-order valence-corrected chi connectivity index (χ1v) is 5.86. The van der Waals surface area contributed by atoms with Crippen molar-refractivity contribution in [3.05, 3.63) is 18.2 Å². The van der Waals surface area contributed by atoms with Crippen molar-refractivity contribution in [1.29, 1.82) is 0 Å². The van der Waals surface area contributed by atoms with Crippen molar-refractivity contribution >= 4 is 17.4 Å². The summed E-state index contributed by atoms with van der Waals surface area (Å²) < 4.78 is 5.12. The lowest BCUT2D eigenvalue weighted by Gasteiger charge is -2.08. The maximum absolute atomic E-state index is 9.13. The molecule has 1 unspecified atom stereocenters. The second-order valence-electron chi connectivity index (χ2n) is 3.39. The number of methoxy groups -OCH3 is 1. The lowest BCUT2D eigenvalue weighted by Crippen LogP contribution is -2.00. The summed E-state index contributed by atoms with van der Waals surface area (Å²) in [7, 11) is 1.63. The molecule has 1 aromatic rings. The van der Waals surface area contributed by atoms with Gasteiger partial charge in [0.05, 0.1) is 13.2 Å². The number of hydrogen-bond donors (Lipinski definition) is 2. The molecule has 0 saturated carbocycles. The Bertz CT molecular complexity index is 315. The van der Waals surface area contributed by atoms with E-state index in [0.717, 1.165) is 28.5 Å². The fraction of sp³-hybridized carbons (Fsp3) is 0.455. The molecule has 4 heteroatoms. The summed E-state index contributed by atoms with van der Waals surface area (Å²) in [5.41, 5.74) is 6.58. The fourth-order valence-corrected chi connectivity index (χ4v) is 2.22. The molecule has 0 aliphatic carbocycles. The highest BCUT2D eigenvalue weighted by Crippen LogP contribution is 2.29. The molecular weight excluding hydrogens is 210 g/mol. The van der Waals surface area contributed by atoms with E-state index in [2.05, 4.69) is 0 Å². The number of benzene rings is 1. The Hall–Kier alpha value is -0.870. The standard InChI is InChI=1S/C11H17NO2S/c1-8(13)5-6-15-11-7-9(14-2)3-4-10(11)12/h3-4,7-8,13H,5-6,12H2,1-2H3. The molecule has 0 radical (unpaired) electrons. The van der Waals surface area contributed by atoms with E-state index < -0.39 is 0 Å². The summed E-state index contributed by atoms with van der Waals surface area (Å²) in [6.07, 6.45) is 0.505. The molecule has 0 fully saturated rings. The molecule has 0 bridgehead atoms. The van der Waals surface area contributed by atoms with Gasteiger partial charge in [0, 0.05) is 16.3 Å². The first-order chi connectivity index (χ1) is 7.13. The predicted molar refractivity (Wildman–Crippen MR) is 64.4 cm³/mol. The smallest absolute Gasteiger partial charge is 0.120 e. The van der Waals surface area contributed by atoms with Crippen LogP contribution in [0.1, 0.15) is 13.3 Å². The van der Waals surface area contributed by atoms with Crippen LogP contribution in [0.2, 0.25) is 0 Å². The predicted octanol–water partition coefficient (Wildman–Crippen LogP) is 2.14. The number of thioether (sulfide) groups is 1. The molecule has 1 rings (SSSR count). The van der Waals surface area contributed by atoms with Crippen LogP contribution in [-0.2, 0) is 0 Å². The second kappa shape index (κ2) is 5.88. The molecule has 0 saturated heterocycles. The van der Waals surface area contributed by atoms with Gasteiger partial charge in [-0.25, -0.2) is 0 Å². The van der Waals surface area contributed by atoms with E-state index in [0.29, 0.717) is 0 Å². The molecule has 3 N–H and O–H groups in total. The summed E-state index contributed by atoms with van der Waals surface area (Å²) >= 11 is 1.64. The number of anilines is 1. The fourth-order valence-electron chi connectivity index (χ4n) is 1.11. The van der Waals surface area contributed by atoms with E-state index in [4.69, 9.17) is 15.6 Å². The Balaban J connectivity index is 2.59. The third kappa shape index (κ3) is 4.01. The van der Waals surface area contributed by atoms with E-state index in [-0.39, 0.29) is 6.10 Å². The Morgan fingerprint density at radius 1 is 1.53 bits per heavy atom. The van der Waals surface area contributed by atoms with Crippen LogP contribution in [0.15, 0.2) is 23.1 Å². The van der Waals surface area contributed by atoms with Crippen LogP contribution in [-0.4, -0.2) is 24.1 Å². The Morgan fingerprint density at radius 2 is 2.27 bits per heavy atom. The minimum absolute atomic E-state index is 0.260. The highest BCUT2D eigenvalue weighted by molar-refractivity contribution is 7.99. The number of rotatable bonds is 5. The minimum Gasteiger partial charge on any atom is -0.497 e. The van der Waals surface area contributed by atoms with Crippen LogP contribution in [0.4, 0.5) is 5.69 Å². The molecule has 0 aliphatic rings. The molecule has 0 aliphatic heterocycles. The average Bonchev–Trinajstić information content (AvgIpc) is 2.20. The largest absolute Gasteiger partial charge is 0.497 e. The molecular formula is C11H17NO2S. The maximum Gasteiger partial charge on any atom is 0.120 e. The Labute approximate surface area is 94.6 Å². The van der Waals surface area contributed by atoms with Gasteiger partial charge in [-0.05, 0) is 31.5 Å². The summed E-state index contributed by atoms with van der Waals surface area (Å²) in [4.78, 5) is 1.01. The molecule has 0 amide bonds. The van der Waals surface area contributed by atoms with Crippen LogP contribution in [0.3, 0.4) is 0 Å². The molecule has 15 heavy (non-hydrogen) atoms. The minimum atomic E-state index is -0.260. The van der Waals surface area contributed by atoms with Crippen LogP contribution < -0.4 is 10.5 Å². The van der Waals surface area contributed by atoms with Gasteiger partial charge in [0.1, 0.15) is 5.75 Å². The van der Waals surface area contributed by atoms with E-state index >= 15 is 0 Å². The number of aliphatic hydroxyl groups is 1. The van der Waals surface area contributed by atoms with Gasteiger partial charge in [0.25, 0.3) is 0 Å². The van der Waals surface area contributed by atoms with Crippen molar-refractivity contribution in [2.75, 3.05) is 18.6 Å². The zero-order chi connectivity index (χ0) is 11.3. The summed E-state index contributed by atoms with van der Waals surface area (Å²) in [5.74, 6) is 1.67. The molecule has 1 aromatic carbocycles. The van der Waals surface area contributed by atoms with Crippen LogP contribution in [0.25, 0.3) is 0 Å². The molecule has 84 valence electrons. The Kier molecular flexibility index (Phi) is 4.78. The monoisotopic (exact) mass is 227 g/mol. The van der Waals surface area contributed by atoms with Gasteiger partial charge < -0.3 is 15.6 Å². The number of ether oxygens (including phenoxy) is 1. The summed E-state index contributed by atoms with van der Waals surface area (Å²) in [5, 5.41) is 9.13. The maximum atomic E-state index is 9.13. The summed E-state index contributed by atoms with van der Waals surface area (Å²) in [6, 6.07) is 5.60. The van der Waals surface area contributed by atoms with E-state index in [1.807, 2.05) is 18.2 Å². The molecule has 3 nitrogen and oxygen atoms in total. The number of nitrogen functional groups attached to an aromatic ring is 1. The van der Waals surface area contributed by atoms with E-state index in [1.54, 1.807) is 25.8 Å². The van der Waals surface area contributed by atoms with Crippen molar-refractivity contribution in [2.24, 2.45) is 0 Å². The van der Waals surface area contributed by atoms with Gasteiger partial charge in [-0.3, -0.25) is 0 Å². The number of hydrogen-bond acceptors (Lipinski definition) is 4. The number of aliphatic hydroxyl groups excluding tert-OH is 1. The summed E-state index contributed by atoms with van der Waals surface area (Å²) in [6.45, 7) is 1.79. The van der Waals surface area contributed by atoms with Gasteiger partial charge in [0.2, 0.25) is 0 Å². The quantitative estimate of drug-likeness (QED) is 0.597. The van der Waals surface area contributed by atoms with Crippen LogP contribution in [0, 0.1) is 0 Å². The van der Waals surface area contributed by atoms with E-state index in [1.165, 1.54) is 0 Å². The number of nitrogens with two attached hydrogens (primary N) is 1. The highest BCUT2D eigenvalue weighted by Gasteiger charge is 2.03. The van der Waals surface area contributed by atoms with Gasteiger partial charge in [-0.15, -0.1) is 11.8 Å². The van der Waals surface area contributed by atoms with Crippen LogP contribution in [0.5, 0.6) is 5.75 Å². The van der Waals surface area contributed by atoms with Gasteiger partial charge >= 0.3 is 0 Å². The SMILES string of the molecule is COc1ccc(N)c(SCCC(C)O)c1. The first kappa shape index (κ1) is 12.2. The average molecular weight is 227 g/mol. The van der Waals surface area contributed by atoms with Crippen molar-refractivity contribution < 1.29 is 9.84 Å². The van der Waals surface area contributed by atoms with E-state index in [9.17, 15) is 0 Å². The molecule has 0 heterocycles. The zero-order valence-electron chi connectivity index (χ0n) is 9.06. The third-order valence-electron chi connectivity index (χ3n) is 2.01. The van der Waals surface area contributed by atoms with Crippen molar-refractivity contribution in [3.63, 3.8) is 0 Å². The van der Waals surface area contributed by atoms with Crippen LogP contribution >= 0.6 is 11.8 Å². The van der Waals surface area contributed by atoms with Gasteiger partial charge in [0.15, 0.2) is 0 Å².